The molecule has 1 aromatic carbocycles. The van der Waals surface area contributed by atoms with Crippen molar-refractivity contribution in [3.63, 3.8) is 0 Å². The van der Waals surface area contributed by atoms with Crippen LogP contribution in [0.25, 0.3) is 0 Å². The van der Waals surface area contributed by atoms with Crippen molar-refractivity contribution >= 4 is 5.69 Å². The van der Waals surface area contributed by atoms with Crippen LogP contribution in [0.3, 0.4) is 0 Å². The van der Waals surface area contributed by atoms with Crippen molar-refractivity contribution in [1.29, 1.82) is 0 Å². The lowest BCUT2D eigenvalue weighted by molar-refractivity contribution is -0.0511. The first-order valence-electron chi connectivity index (χ1n) is 5.58. The van der Waals surface area contributed by atoms with E-state index in [0.29, 0.717) is 12.2 Å². The quantitative estimate of drug-likeness (QED) is 0.871. The average Bonchev–Trinajstić information content (AvgIpc) is 2.89. The molecule has 0 bridgehead atoms. The molecule has 0 aliphatic rings. The van der Waals surface area contributed by atoms with Gasteiger partial charge in [0.05, 0.1) is 19.9 Å². The Morgan fingerprint density at radius 1 is 1.26 bits per heavy atom. The van der Waals surface area contributed by atoms with E-state index in [1.165, 1.54) is 13.2 Å². The number of anilines is 1. The van der Waals surface area contributed by atoms with E-state index in [9.17, 15) is 8.78 Å². The fourth-order valence-electron chi connectivity index (χ4n) is 1.58. The largest absolute Gasteiger partial charge is 0.493 e. The summed E-state index contributed by atoms with van der Waals surface area (Å²) in [7, 11) is 1.39. The molecule has 4 nitrogen and oxygen atoms in total. The monoisotopic (exact) mass is 269 g/mol. The summed E-state index contributed by atoms with van der Waals surface area (Å²) in [6, 6.07) is 8.31. The molecular formula is C13H13F2NO3. The van der Waals surface area contributed by atoms with Crippen LogP contribution >= 0.6 is 0 Å². The Morgan fingerprint density at radius 3 is 2.74 bits per heavy atom. The minimum Gasteiger partial charge on any atom is -0.493 e. The van der Waals surface area contributed by atoms with Gasteiger partial charge in [-0.05, 0) is 24.3 Å². The molecule has 6 heteroatoms. The lowest BCUT2D eigenvalue weighted by Gasteiger charge is -2.12. The van der Waals surface area contributed by atoms with Crippen LogP contribution in [0.4, 0.5) is 14.5 Å². The van der Waals surface area contributed by atoms with Gasteiger partial charge in [0, 0.05) is 11.8 Å². The maximum atomic E-state index is 12.3. The van der Waals surface area contributed by atoms with Crippen LogP contribution in [-0.2, 0) is 6.54 Å². The molecule has 0 spiro atoms. The molecular weight excluding hydrogens is 256 g/mol. The average molecular weight is 269 g/mol. The molecule has 0 aliphatic heterocycles. The molecule has 0 amide bonds. The maximum absolute atomic E-state index is 12.3. The summed E-state index contributed by atoms with van der Waals surface area (Å²) in [5, 5.41) is 3.04. The van der Waals surface area contributed by atoms with E-state index in [2.05, 4.69) is 10.1 Å². The van der Waals surface area contributed by atoms with Crippen molar-refractivity contribution in [3.8, 4) is 11.5 Å². The Labute approximate surface area is 108 Å². The van der Waals surface area contributed by atoms with Gasteiger partial charge in [0.2, 0.25) is 0 Å². The van der Waals surface area contributed by atoms with Crippen molar-refractivity contribution in [2.45, 2.75) is 13.2 Å². The molecule has 0 saturated carbocycles. The van der Waals surface area contributed by atoms with Crippen LogP contribution in [0, 0.1) is 0 Å². The second-order valence-corrected chi connectivity index (χ2v) is 3.68. The number of methoxy groups -OCH3 is 1. The number of hydrogen-bond acceptors (Lipinski definition) is 4. The van der Waals surface area contributed by atoms with E-state index in [1.54, 1.807) is 24.5 Å². The number of furan rings is 1. The third-order valence-corrected chi connectivity index (χ3v) is 2.43. The Morgan fingerprint density at radius 2 is 2.11 bits per heavy atom. The molecule has 0 radical (unpaired) electrons. The normalized spacial score (nSPS) is 10.5. The lowest BCUT2D eigenvalue weighted by atomic mass is 10.2. The molecule has 0 atom stereocenters. The maximum Gasteiger partial charge on any atom is 0.387 e. The number of ether oxygens (including phenoxy) is 2. The third-order valence-electron chi connectivity index (χ3n) is 2.43. The van der Waals surface area contributed by atoms with Crippen molar-refractivity contribution < 1.29 is 22.7 Å². The molecule has 1 heterocycles. The molecule has 0 unspecified atom stereocenters. The molecule has 1 N–H and O–H groups in total. The van der Waals surface area contributed by atoms with Crippen molar-refractivity contribution in [2.75, 3.05) is 12.4 Å². The summed E-state index contributed by atoms with van der Waals surface area (Å²) in [4.78, 5) is 0. The third kappa shape index (κ3) is 3.61. The molecule has 0 saturated heterocycles. The van der Waals surface area contributed by atoms with Crippen molar-refractivity contribution in [3.05, 3.63) is 42.4 Å². The molecule has 0 fully saturated rings. The number of halogens is 2. The highest BCUT2D eigenvalue weighted by Crippen LogP contribution is 2.31. The standard InChI is InChI=1S/C13H13F2NO3/c1-17-11-5-4-9(7-12(11)19-13(14)15)16-8-10-3-2-6-18-10/h2-7,13,16H,8H2,1H3. The molecule has 0 aliphatic carbocycles. The molecule has 19 heavy (non-hydrogen) atoms. The van der Waals surface area contributed by atoms with Crippen molar-refractivity contribution in [1.82, 2.24) is 0 Å². The van der Waals surface area contributed by atoms with Crippen LogP contribution in [0.1, 0.15) is 5.76 Å². The highest BCUT2D eigenvalue weighted by atomic mass is 19.3. The summed E-state index contributed by atoms with van der Waals surface area (Å²) in [5.74, 6) is 0.984. The fourth-order valence-corrected chi connectivity index (χ4v) is 1.58. The predicted molar refractivity (Wildman–Crippen MR) is 65.7 cm³/mol. The van der Waals surface area contributed by atoms with Crippen LogP contribution in [0.2, 0.25) is 0 Å². The topological polar surface area (TPSA) is 43.6 Å². The van der Waals surface area contributed by atoms with Gasteiger partial charge in [-0.1, -0.05) is 0 Å². The highest BCUT2D eigenvalue weighted by Gasteiger charge is 2.11. The number of rotatable bonds is 6. The summed E-state index contributed by atoms with van der Waals surface area (Å²) in [5.41, 5.74) is 0.632. The van der Waals surface area contributed by atoms with Crippen LogP contribution in [0.15, 0.2) is 41.0 Å². The SMILES string of the molecule is COc1ccc(NCc2ccco2)cc1OC(F)F. The van der Waals surface area contributed by atoms with Gasteiger partial charge in [-0.25, -0.2) is 0 Å². The van der Waals surface area contributed by atoms with E-state index < -0.39 is 6.61 Å². The van der Waals surface area contributed by atoms with Crippen LogP contribution in [-0.4, -0.2) is 13.7 Å². The Bertz CT molecular complexity index is 515. The molecule has 102 valence electrons. The second-order valence-electron chi connectivity index (χ2n) is 3.68. The van der Waals surface area contributed by atoms with Crippen molar-refractivity contribution in [2.24, 2.45) is 0 Å². The predicted octanol–water partition coefficient (Wildman–Crippen LogP) is 3.50. The van der Waals surface area contributed by atoms with Crippen LogP contribution < -0.4 is 14.8 Å². The van der Waals surface area contributed by atoms with Gasteiger partial charge in [0.1, 0.15) is 5.76 Å². The van der Waals surface area contributed by atoms with Gasteiger partial charge >= 0.3 is 6.61 Å². The second kappa shape index (κ2) is 6.08. The molecule has 2 aromatic rings. The smallest absolute Gasteiger partial charge is 0.387 e. The van der Waals surface area contributed by atoms with Gasteiger partial charge < -0.3 is 19.2 Å². The molecule has 2 rings (SSSR count). The first-order chi connectivity index (χ1) is 9.19. The number of benzene rings is 1. The highest BCUT2D eigenvalue weighted by molar-refractivity contribution is 5.54. The Hall–Kier alpha value is -2.24. The first-order valence-corrected chi connectivity index (χ1v) is 5.58. The fraction of sp³-hybridized carbons (Fsp3) is 0.231. The van der Waals surface area contributed by atoms with Gasteiger partial charge in [0.15, 0.2) is 11.5 Å². The first kappa shape index (κ1) is 13.2. The summed E-state index contributed by atoms with van der Waals surface area (Å²) in [6.45, 7) is -2.44. The van der Waals surface area contributed by atoms with E-state index in [0.717, 1.165) is 5.76 Å². The van der Waals surface area contributed by atoms with E-state index >= 15 is 0 Å². The zero-order chi connectivity index (χ0) is 13.7. The minimum atomic E-state index is -2.89. The summed E-state index contributed by atoms with van der Waals surface area (Å²) < 4.78 is 39.0. The van der Waals surface area contributed by atoms with Gasteiger partial charge in [-0.2, -0.15) is 8.78 Å². The van der Waals surface area contributed by atoms with E-state index in [-0.39, 0.29) is 11.5 Å². The molecule has 1 aromatic heterocycles. The summed E-state index contributed by atoms with van der Waals surface area (Å²) >= 11 is 0. The summed E-state index contributed by atoms with van der Waals surface area (Å²) in [6.07, 6.45) is 1.57. The van der Waals surface area contributed by atoms with Gasteiger partial charge in [-0.3, -0.25) is 0 Å². The number of hydrogen-bond donors (Lipinski definition) is 1. The lowest BCUT2D eigenvalue weighted by Crippen LogP contribution is -2.05. The van der Waals surface area contributed by atoms with Crippen LogP contribution in [0.5, 0.6) is 11.5 Å². The number of nitrogens with one attached hydrogen (secondary N) is 1. The number of alkyl halides is 2. The van der Waals surface area contributed by atoms with Gasteiger partial charge in [-0.15, -0.1) is 0 Å². The zero-order valence-electron chi connectivity index (χ0n) is 10.2. The van der Waals surface area contributed by atoms with Gasteiger partial charge in [0.25, 0.3) is 0 Å². The Balaban J connectivity index is 2.08. The minimum absolute atomic E-state index is 0.0121. The zero-order valence-corrected chi connectivity index (χ0v) is 10.2. The van der Waals surface area contributed by atoms with E-state index in [1.807, 2.05) is 6.07 Å². The Kier molecular flexibility index (Phi) is 4.22. The van der Waals surface area contributed by atoms with E-state index in [4.69, 9.17) is 9.15 Å².